The molecule has 18 heavy (non-hydrogen) atoms. The van der Waals surface area contributed by atoms with Crippen LogP contribution in [-0.2, 0) is 9.47 Å². The van der Waals surface area contributed by atoms with Crippen molar-refractivity contribution in [1.82, 2.24) is 0 Å². The molecule has 1 saturated heterocycles. The molecule has 0 amide bonds. The normalized spacial score (nSPS) is 34.4. The molecule has 0 saturated carbocycles. The third-order valence-electron chi connectivity index (χ3n) is 2.82. The number of aliphatic hydroxyl groups excluding tert-OH is 4. The van der Waals surface area contributed by atoms with Gasteiger partial charge in [0.2, 0.25) is 6.29 Å². The molecule has 1 aromatic heterocycles. The molecule has 1 aliphatic heterocycles. The molecule has 0 radical (unpaired) electrons. The highest BCUT2D eigenvalue weighted by molar-refractivity contribution is 5.02. The number of furan rings is 1. The van der Waals surface area contributed by atoms with Crippen LogP contribution in [0.4, 0.5) is 0 Å². The van der Waals surface area contributed by atoms with E-state index in [-0.39, 0.29) is 0 Å². The Morgan fingerprint density at radius 3 is 2.61 bits per heavy atom. The first-order chi connectivity index (χ1) is 8.67. The smallest absolute Gasteiger partial charge is 0.218 e. The van der Waals surface area contributed by atoms with Gasteiger partial charge in [-0.3, -0.25) is 0 Å². The topological polar surface area (TPSA) is 113 Å². The van der Waals surface area contributed by atoms with Crippen LogP contribution in [0.25, 0.3) is 0 Å². The number of rotatable bonds is 4. The fraction of sp³-hybridized carbons (Fsp3) is 0.636. The van der Waals surface area contributed by atoms with E-state index in [1.807, 2.05) is 0 Å². The van der Waals surface area contributed by atoms with Crippen molar-refractivity contribution < 1.29 is 34.3 Å². The SMILES string of the molecule is OC[C@@H](O)[C@@H]1O[C@@H](c2ccco2)O[C@@H](CO)[C@@H]1O. The maximum atomic E-state index is 9.83. The maximum absolute atomic E-state index is 9.83. The molecule has 2 rings (SSSR count). The van der Waals surface area contributed by atoms with Gasteiger partial charge in [-0.15, -0.1) is 0 Å². The Balaban J connectivity index is 2.15. The van der Waals surface area contributed by atoms with Gasteiger partial charge in [0.15, 0.2) is 5.76 Å². The predicted molar refractivity (Wildman–Crippen MR) is 57.4 cm³/mol. The highest BCUT2D eigenvalue weighted by Gasteiger charge is 2.42. The van der Waals surface area contributed by atoms with Crippen LogP contribution in [0.1, 0.15) is 12.1 Å². The Kier molecular flexibility index (Phi) is 4.33. The summed E-state index contributed by atoms with van der Waals surface area (Å²) in [6.45, 7) is -0.999. The fourth-order valence-corrected chi connectivity index (χ4v) is 1.84. The minimum Gasteiger partial charge on any atom is -0.464 e. The monoisotopic (exact) mass is 260 g/mol. The van der Waals surface area contributed by atoms with E-state index >= 15 is 0 Å². The maximum Gasteiger partial charge on any atom is 0.218 e. The van der Waals surface area contributed by atoms with Gasteiger partial charge in [-0.1, -0.05) is 0 Å². The van der Waals surface area contributed by atoms with Crippen LogP contribution in [0.5, 0.6) is 0 Å². The van der Waals surface area contributed by atoms with E-state index in [1.165, 1.54) is 6.26 Å². The number of ether oxygens (including phenoxy) is 2. The molecule has 1 aromatic rings. The van der Waals surface area contributed by atoms with Gasteiger partial charge in [-0.05, 0) is 12.1 Å². The van der Waals surface area contributed by atoms with Crippen molar-refractivity contribution in [1.29, 1.82) is 0 Å². The van der Waals surface area contributed by atoms with E-state index < -0.39 is 43.9 Å². The Morgan fingerprint density at radius 1 is 1.28 bits per heavy atom. The Bertz CT molecular complexity index is 352. The number of aliphatic hydroxyl groups is 4. The van der Waals surface area contributed by atoms with E-state index in [2.05, 4.69) is 0 Å². The first kappa shape index (κ1) is 13.5. The lowest BCUT2D eigenvalue weighted by Crippen LogP contribution is -2.54. The molecular formula is C11H16O7. The Labute approximate surface area is 103 Å². The second-order valence-corrected chi connectivity index (χ2v) is 4.05. The van der Waals surface area contributed by atoms with Crippen LogP contribution in [0, 0.1) is 0 Å². The second-order valence-electron chi connectivity index (χ2n) is 4.05. The van der Waals surface area contributed by atoms with Gasteiger partial charge in [0.1, 0.15) is 24.4 Å². The first-order valence-electron chi connectivity index (χ1n) is 5.59. The third-order valence-corrected chi connectivity index (χ3v) is 2.82. The van der Waals surface area contributed by atoms with E-state index in [0.717, 1.165) is 0 Å². The van der Waals surface area contributed by atoms with Crippen molar-refractivity contribution in [2.24, 2.45) is 0 Å². The van der Waals surface area contributed by atoms with Crippen LogP contribution in [0.2, 0.25) is 0 Å². The van der Waals surface area contributed by atoms with Gasteiger partial charge >= 0.3 is 0 Å². The lowest BCUT2D eigenvalue weighted by Gasteiger charge is -2.39. The average molecular weight is 260 g/mol. The standard InChI is InChI=1S/C11H16O7/c12-4-6(14)10-9(15)8(5-13)17-11(18-10)7-2-1-3-16-7/h1-3,6,8-15H,4-5H2/t6-,8+,9+,10+,11+/m1/s1. The lowest BCUT2D eigenvalue weighted by atomic mass is 10.0. The molecule has 0 unspecified atom stereocenters. The largest absolute Gasteiger partial charge is 0.464 e. The molecule has 102 valence electrons. The molecule has 7 nitrogen and oxygen atoms in total. The van der Waals surface area contributed by atoms with Gasteiger partial charge < -0.3 is 34.3 Å². The Hall–Kier alpha value is -0.960. The van der Waals surface area contributed by atoms with E-state index in [4.69, 9.17) is 24.1 Å². The minimum atomic E-state index is -1.27. The highest BCUT2D eigenvalue weighted by atomic mass is 16.7. The zero-order valence-electron chi connectivity index (χ0n) is 9.55. The summed E-state index contributed by atoms with van der Waals surface area (Å²) in [6.07, 6.45) is -3.99. The first-order valence-corrected chi connectivity index (χ1v) is 5.59. The minimum absolute atomic E-state index is 0.357. The van der Waals surface area contributed by atoms with Gasteiger partial charge in [-0.2, -0.15) is 0 Å². The molecule has 1 fully saturated rings. The highest BCUT2D eigenvalue weighted by Crippen LogP contribution is 2.31. The zero-order chi connectivity index (χ0) is 13.1. The van der Waals surface area contributed by atoms with Crippen molar-refractivity contribution >= 4 is 0 Å². The summed E-state index contributed by atoms with van der Waals surface area (Å²) in [7, 11) is 0. The molecule has 5 atom stereocenters. The van der Waals surface area contributed by atoms with Crippen molar-refractivity contribution in [2.45, 2.75) is 30.7 Å². The van der Waals surface area contributed by atoms with E-state index in [0.29, 0.717) is 5.76 Å². The summed E-state index contributed by atoms with van der Waals surface area (Å²) in [5, 5.41) is 37.5. The predicted octanol–water partition coefficient (Wildman–Crippen LogP) is -1.23. The molecular weight excluding hydrogens is 244 g/mol. The third kappa shape index (κ3) is 2.56. The molecule has 2 heterocycles. The quantitative estimate of drug-likeness (QED) is 0.536. The molecule has 0 bridgehead atoms. The summed E-state index contributed by atoms with van der Waals surface area (Å²) in [4.78, 5) is 0. The summed E-state index contributed by atoms with van der Waals surface area (Å²) in [5.74, 6) is 0.357. The van der Waals surface area contributed by atoms with Crippen LogP contribution in [-0.4, -0.2) is 58.1 Å². The van der Waals surface area contributed by atoms with Crippen molar-refractivity contribution in [2.75, 3.05) is 13.2 Å². The molecule has 7 heteroatoms. The van der Waals surface area contributed by atoms with Crippen LogP contribution in [0.3, 0.4) is 0 Å². The summed E-state index contributed by atoms with van der Waals surface area (Å²) < 4.78 is 15.8. The van der Waals surface area contributed by atoms with Gasteiger partial charge in [-0.25, -0.2) is 0 Å². The molecule has 0 aliphatic carbocycles. The molecule has 0 aromatic carbocycles. The van der Waals surface area contributed by atoms with Crippen LogP contribution >= 0.6 is 0 Å². The summed E-state index contributed by atoms with van der Waals surface area (Å²) in [5.41, 5.74) is 0. The molecule has 0 spiro atoms. The van der Waals surface area contributed by atoms with Crippen molar-refractivity contribution in [3.8, 4) is 0 Å². The van der Waals surface area contributed by atoms with Gasteiger partial charge in [0.25, 0.3) is 0 Å². The summed E-state index contributed by atoms with van der Waals surface area (Å²) >= 11 is 0. The van der Waals surface area contributed by atoms with Gasteiger partial charge in [0, 0.05) is 0 Å². The van der Waals surface area contributed by atoms with Crippen LogP contribution < -0.4 is 0 Å². The average Bonchev–Trinajstić information content (AvgIpc) is 2.92. The fourth-order valence-electron chi connectivity index (χ4n) is 1.84. The van der Waals surface area contributed by atoms with Gasteiger partial charge in [0.05, 0.1) is 19.5 Å². The number of hydrogen-bond acceptors (Lipinski definition) is 7. The Morgan fingerprint density at radius 2 is 2.06 bits per heavy atom. The lowest BCUT2D eigenvalue weighted by molar-refractivity contribution is -0.315. The van der Waals surface area contributed by atoms with Crippen molar-refractivity contribution in [3.63, 3.8) is 0 Å². The van der Waals surface area contributed by atoms with E-state index in [1.54, 1.807) is 12.1 Å². The molecule has 1 aliphatic rings. The van der Waals surface area contributed by atoms with Crippen molar-refractivity contribution in [3.05, 3.63) is 24.2 Å². The zero-order valence-corrected chi connectivity index (χ0v) is 9.55. The molecule has 4 N–H and O–H groups in total. The summed E-state index contributed by atoms with van der Waals surface area (Å²) in [6, 6.07) is 3.25. The number of hydrogen-bond donors (Lipinski definition) is 4. The van der Waals surface area contributed by atoms with E-state index in [9.17, 15) is 10.2 Å². The second kappa shape index (κ2) is 5.79. The van der Waals surface area contributed by atoms with Crippen LogP contribution in [0.15, 0.2) is 22.8 Å².